The fourth-order valence-corrected chi connectivity index (χ4v) is 3.84. The van der Waals surface area contributed by atoms with Crippen LogP contribution in [0.2, 0.25) is 0 Å². The Kier molecular flexibility index (Phi) is 10.8. The summed E-state index contributed by atoms with van der Waals surface area (Å²) in [6.07, 6.45) is 1.51. The molecule has 34 heavy (non-hydrogen) atoms. The lowest BCUT2D eigenvalue weighted by Gasteiger charge is -2.31. The van der Waals surface area contributed by atoms with Crippen LogP contribution in [0, 0.1) is 11.3 Å². The number of methoxy groups -OCH3 is 4. The number of nitrogens with zero attached hydrogens (tertiary/aromatic N) is 1. The van der Waals surface area contributed by atoms with Gasteiger partial charge in [0.15, 0.2) is 17.8 Å². The van der Waals surface area contributed by atoms with Crippen molar-refractivity contribution in [2.24, 2.45) is 0 Å². The van der Waals surface area contributed by atoms with E-state index in [1.54, 1.807) is 37.4 Å². The summed E-state index contributed by atoms with van der Waals surface area (Å²) in [5.74, 6) is 0.697. The third-order valence-corrected chi connectivity index (χ3v) is 5.88. The lowest BCUT2D eigenvalue weighted by atomic mass is 9.76. The van der Waals surface area contributed by atoms with E-state index < -0.39 is 11.7 Å². The average molecular weight is 471 g/mol. The standard InChI is InChI=1S/C26H34N2O6/c1-31-22-12-11-21(17-23(22)32-2)26(18-27,25(30)34-4)14-5-6-15-28-16-13-19-7-9-20(10-8-19)24(29)33-3/h7-12,17,25,28,30H,5-6,13-16H2,1-4H3. The molecule has 2 unspecified atom stereocenters. The maximum atomic E-state index is 11.5. The van der Waals surface area contributed by atoms with E-state index in [-0.39, 0.29) is 5.97 Å². The molecular formula is C26H34N2O6. The van der Waals surface area contributed by atoms with Crippen molar-refractivity contribution in [2.45, 2.75) is 37.4 Å². The molecule has 0 fully saturated rings. The molecule has 0 amide bonds. The Labute approximate surface area is 201 Å². The SMILES string of the molecule is COC(=O)c1ccc(CCNCCCCC(C#N)(c2ccc(OC)c(OC)c2)C(O)OC)cc1. The molecule has 0 aromatic heterocycles. The van der Waals surface area contributed by atoms with Gasteiger partial charge < -0.3 is 29.4 Å². The minimum Gasteiger partial charge on any atom is -0.493 e. The second-order valence-corrected chi connectivity index (χ2v) is 7.89. The van der Waals surface area contributed by atoms with Crippen LogP contribution in [0.25, 0.3) is 0 Å². The quantitative estimate of drug-likeness (QED) is 0.246. The molecule has 2 aromatic rings. The van der Waals surface area contributed by atoms with E-state index in [2.05, 4.69) is 11.4 Å². The maximum absolute atomic E-state index is 11.5. The van der Waals surface area contributed by atoms with Crippen LogP contribution in [0.15, 0.2) is 42.5 Å². The number of benzene rings is 2. The van der Waals surface area contributed by atoms with Crippen LogP contribution in [0.3, 0.4) is 0 Å². The summed E-state index contributed by atoms with van der Waals surface area (Å²) in [5.41, 5.74) is 1.05. The van der Waals surface area contributed by atoms with E-state index in [1.807, 2.05) is 12.1 Å². The molecule has 2 rings (SSSR count). The third-order valence-electron chi connectivity index (χ3n) is 5.88. The molecule has 0 heterocycles. The predicted octanol–water partition coefficient (Wildman–Crippen LogP) is 3.22. The normalized spacial score (nSPS) is 13.4. The van der Waals surface area contributed by atoms with E-state index in [0.717, 1.165) is 31.5 Å². The van der Waals surface area contributed by atoms with Crippen LogP contribution in [-0.2, 0) is 21.3 Å². The molecule has 0 radical (unpaired) electrons. The van der Waals surface area contributed by atoms with E-state index in [0.29, 0.717) is 35.5 Å². The Morgan fingerprint density at radius 1 is 1.03 bits per heavy atom. The third kappa shape index (κ3) is 6.70. The van der Waals surface area contributed by atoms with Crippen molar-refractivity contribution in [2.75, 3.05) is 41.5 Å². The highest BCUT2D eigenvalue weighted by atomic mass is 16.6. The van der Waals surface area contributed by atoms with Gasteiger partial charge in [-0.3, -0.25) is 0 Å². The molecule has 8 heteroatoms. The number of aliphatic hydroxyl groups excluding tert-OH is 1. The Balaban J connectivity index is 1.89. The number of rotatable bonds is 14. The van der Waals surface area contributed by atoms with Gasteiger partial charge in [-0.05, 0) is 67.7 Å². The number of hydrogen-bond acceptors (Lipinski definition) is 8. The minimum atomic E-state index is -1.28. The van der Waals surface area contributed by atoms with Gasteiger partial charge in [-0.2, -0.15) is 5.26 Å². The van der Waals surface area contributed by atoms with Crippen molar-refractivity contribution in [1.82, 2.24) is 5.32 Å². The largest absolute Gasteiger partial charge is 0.493 e. The molecule has 0 saturated heterocycles. The topological polar surface area (TPSA) is 110 Å². The van der Waals surface area contributed by atoms with Crippen LogP contribution in [-0.4, -0.2) is 58.9 Å². The summed E-state index contributed by atoms with van der Waals surface area (Å²) in [7, 11) is 5.83. The Morgan fingerprint density at radius 2 is 1.74 bits per heavy atom. The van der Waals surface area contributed by atoms with E-state index in [4.69, 9.17) is 18.9 Å². The van der Waals surface area contributed by atoms with Gasteiger partial charge in [0.2, 0.25) is 0 Å². The van der Waals surface area contributed by atoms with Crippen molar-refractivity contribution in [3.8, 4) is 17.6 Å². The number of carbonyl (C=O) groups is 1. The lowest BCUT2D eigenvalue weighted by molar-refractivity contribution is -0.114. The van der Waals surface area contributed by atoms with Gasteiger partial charge in [-0.25, -0.2) is 4.79 Å². The van der Waals surface area contributed by atoms with E-state index in [9.17, 15) is 15.2 Å². The van der Waals surface area contributed by atoms with Crippen LogP contribution >= 0.6 is 0 Å². The van der Waals surface area contributed by atoms with Crippen molar-refractivity contribution in [3.63, 3.8) is 0 Å². The van der Waals surface area contributed by atoms with Crippen molar-refractivity contribution in [1.29, 1.82) is 5.26 Å². The van der Waals surface area contributed by atoms with Gasteiger partial charge in [0, 0.05) is 7.11 Å². The Bertz CT molecular complexity index is 957. The number of aliphatic hydroxyl groups is 1. The summed E-state index contributed by atoms with van der Waals surface area (Å²) in [4.78, 5) is 11.5. The summed E-state index contributed by atoms with van der Waals surface area (Å²) < 4.78 is 20.5. The van der Waals surface area contributed by atoms with Crippen LogP contribution in [0.1, 0.15) is 40.7 Å². The van der Waals surface area contributed by atoms with Crippen molar-refractivity contribution < 1.29 is 28.8 Å². The van der Waals surface area contributed by atoms with Gasteiger partial charge in [0.1, 0.15) is 5.41 Å². The van der Waals surface area contributed by atoms with Crippen LogP contribution in [0.5, 0.6) is 11.5 Å². The maximum Gasteiger partial charge on any atom is 0.337 e. The lowest BCUT2D eigenvalue weighted by Crippen LogP contribution is -2.40. The fraction of sp³-hybridized carbons (Fsp3) is 0.462. The minimum absolute atomic E-state index is 0.343. The van der Waals surface area contributed by atoms with Gasteiger partial charge in [0.25, 0.3) is 0 Å². The first kappa shape index (κ1) is 27.1. The number of esters is 1. The fourth-order valence-electron chi connectivity index (χ4n) is 3.84. The summed E-state index contributed by atoms with van der Waals surface area (Å²) in [6, 6.07) is 14.9. The summed E-state index contributed by atoms with van der Waals surface area (Å²) >= 11 is 0. The van der Waals surface area contributed by atoms with Gasteiger partial charge in [-0.1, -0.05) is 24.6 Å². The second-order valence-electron chi connectivity index (χ2n) is 7.89. The molecule has 184 valence electrons. The molecule has 2 atom stereocenters. The van der Waals surface area contributed by atoms with Gasteiger partial charge >= 0.3 is 5.97 Å². The Morgan fingerprint density at radius 3 is 2.32 bits per heavy atom. The van der Waals surface area contributed by atoms with Crippen molar-refractivity contribution in [3.05, 3.63) is 59.2 Å². The number of nitriles is 1. The zero-order valence-electron chi connectivity index (χ0n) is 20.3. The highest BCUT2D eigenvalue weighted by Gasteiger charge is 2.40. The molecular weight excluding hydrogens is 436 g/mol. The molecule has 0 aliphatic heterocycles. The molecule has 0 spiro atoms. The zero-order valence-corrected chi connectivity index (χ0v) is 20.3. The van der Waals surface area contributed by atoms with Crippen LogP contribution in [0.4, 0.5) is 0 Å². The number of hydrogen-bond donors (Lipinski definition) is 2. The number of unbranched alkanes of at least 4 members (excludes halogenated alkanes) is 1. The highest BCUT2D eigenvalue weighted by Crippen LogP contribution is 2.38. The number of carbonyl (C=O) groups excluding carboxylic acids is 1. The summed E-state index contributed by atoms with van der Waals surface area (Å²) in [5, 5.41) is 24.0. The predicted molar refractivity (Wildman–Crippen MR) is 128 cm³/mol. The first-order valence-corrected chi connectivity index (χ1v) is 11.2. The van der Waals surface area contributed by atoms with Crippen LogP contribution < -0.4 is 14.8 Å². The monoisotopic (exact) mass is 470 g/mol. The Hall–Kier alpha value is -3.12. The molecule has 8 nitrogen and oxygen atoms in total. The first-order chi connectivity index (χ1) is 16.4. The van der Waals surface area contributed by atoms with Crippen molar-refractivity contribution >= 4 is 5.97 Å². The highest BCUT2D eigenvalue weighted by molar-refractivity contribution is 5.89. The number of ether oxygens (including phenoxy) is 4. The van der Waals surface area contributed by atoms with E-state index in [1.165, 1.54) is 21.3 Å². The summed E-state index contributed by atoms with van der Waals surface area (Å²) in [6.45, 7) is 1.56. The average Bonchev–Trinajstić information content (AvgIpc) is 2.89. The number of nitrogens with one attached hydrogen (secondary N) is 1. The smallest absolute Gasteiger partial charge is 0.337 e. The second kappa shape index (κ2) is 13.6. The molecule has 0 aliphatic carbocycles. The molecule has 0 aliphatic rings. The molecule has 0 bridgehead atoms. The molecule has 2 N–H and O–H groups in total. The first-order valence-electron chi connectivity index (χ1n) is 11.2. The van der Waals surface area contributed by atoms with Gasteiger partial charge in [-0.15, -0.1) is 0 Å². The van der Waals surface area contributed by atoms with E-state index >= 15 is 0 Å². The molecule has 0 saturated carbocycles. The zero-order chi connectivity index (χ0) is 25.0. The van der Waals surface area contributed by atoms with Gasteiger partial charge in [0.05, 0.1) is 33.0 Å². The molecule has 2 aromatic carbocycles.